The molecule has 2 saturated heterocycles. The Kier molecular flexibility index (Phi) is 4.82. The first kappa shape index (κ1) is 19.5. The van der Waals surface area contributed by atoms with Gasteiger partial charge in [0, 0.05) is 0 Å². The van der Waals surface area contributed by atoms with Gasteiger partial charge in [-0.05, 0) is 13.8 Å². The van der Waals surface area contributed by atoms with E-state index in [0.717, 1.165) is 10.9 Å². The third-order valence-corrected chi connectivity index (χ3v) is 5.70. The van der Waals surface area contributed by atoms with Gasteiger partial charge in [-0.25, -0.2) is 18.2 Å². The lowest BCUT2D eigenvalue weighted by Crippen LogP contribution is -2.55. The minimum absolute atomic E-state index is 0.0985. The summed E-state index contributed by atoms with van der Waals surface area (Å²) in [7, 11) is -2.02. The summed E-state index contributed by atoms with van der Waals surface area (Å²) >= 11 is 0. The van der Waals surface area contributed by atoms with Crippen LogP contribution in [-0.2, 0) is 18.3 Å². The van der Waals surface area contributed by atoms with E-state index in [-0.39, 0.29) is 23.2 Å². The van der Waals surface area contributed by atoms with Gasteiger partial charge in [0.05, 0.1) is 19.0 Å². The standard InChI is InChI=1S/C14H17F3N5O5P/c1-5(2)26-28-24-3-14(12(16)17)8(27-28)6(15)11(25-14)22-4-19-7-9(22)20-13(18)21-10(7)23/h4-6,8,11-12H,3H2,1-2H3,(H3,18,20,21,23)/t6-,8-,11+,14+,28?/m0/s1. The molecule has 0 amide bonds. The maximum Gasteiger partial charge on any atom is 0.333 e. The molecule has 4 rings (SSSR count). The Bertz CT molecular complexity index is 942. The highest BCUT2D eigenvalue weighted by molar-refractivity contribution is 7.41. The second-order valence-corrected chi connectivity index (χ2v) is 7.79. The number of H-pyrrole nitrogens is 1. The molecule has 2 aliphatic rings. The number of nitrogens with zero attached hydrogens (tertiary/aromatic N) is 3. The van der Waals surface area contributed by atoms with Gasteiger partial charge in [-0.1, -0.05) is 0 Å². The van der Waals surface area contributed by atoms with Crippen molar-refractivity contribution in [2.75, 3.05) is 12.3 Å². The van der Waals surface area contributed by atoms with E-state index in [2.05, 4.69) is 15.0 Å². The lowest BCUT2D eigenvalue weighted by atomic mass is 9.97. The van der Waals surface area contributed by atoms with Crippen molar-refractivity contribution in [3.63, 3.8) is 0 Å². The van der Waals surface area contributed by atoms with Crippen molar-refractivity contribution in [1.29, 1.82) is 0 Å². The molecular formula is C14H17F3N5O5P. The Morgan fingerprint density at radius 3 is 2.93 bits per heavy atom. The monoisotopic (exact) mass is 423 g/mol. The van der Waals surface area contributed by atoms with Crippen LogP contribution in [0.5, 0.6) is 0 Å². The quantitative estimate of drug-likeness (QED) is 0.711. The lowest BCUT2D eigenvalue weighted by Gasteiger charge is -2.39. The van der Waals surface area contributed by atoms with E-state index in [9.17, 15) is 13.6 Å². The number of fused-ring (bicyclic) bond motifs is 2. The largest absolute Gasteiger partial charge is 0.369 e. The van der Waals surface area contributed by atoms with E-state index in [1.54, 1.807) is 13.8 Å². The Labute approximate surface area is 157 Å². The smallest absolute Gasteiger partial charge is 0.333 e. The number of aromatic amines is 1. The highest BCUT2D eigenvalue weighted by Crippen LogP contribution is 2.57. The van der Waals surface area contributed by atoms with Crippen LogP contribution in [0.1, 0.15) is 20.1 Å². The van der Waals surface area contributed by atoms with Crippen LogP contribution in [-0.4, -0.2) is 56.5 Å². The molecule has 0 radical (unpaired) electrons. The molecule has 2 aromatic rings. The maximum atomic E-state index is 15.3. The number of ether oxygens (including phenoxy) is 1. The van der Waals surface area contributed by atoms with Gasteiger partial charge in [0.1, 0.15) is 6.10 Å². The number of alkyl halides is 3. The Balaban J connectivity index is 1.72. The minimum Gasteiger partial charge on any atom is -0.369 e. The number of aromatic nitrogens is 4. The van der Waals surface area contributed by atoms with Crippen LogP contribution < -0.4 is 11.3 Å². The minimum atomic E-state index is -3.10. The van der Waals surface area contributed by atoms with Gasteiger partial charge >= 0.3 is 8.60 Å². The molecule has 1 unspecified atom stereocenters. The van der Waals surface area contributed by atoms with Crippen LogP contribution in [0.3, 0.4) is 0 Å². The Hall–Kier alpha value is -1.79. The molecule has 5 atom stereocenters. The Morgan fingerprint density at radius 1 is 1.50 bits per heavy atom. The van der Waals surface area contributed by atoms with E-state index >= 15 is 4.39 Å². The van der Waals surface area contributed by atoms with Crippen molar-refractivity contribution >= 4 is 25.7 Å². The van der Waals surface area contributed by atoms with Crippen molar-refractivity contribution < 1.29 is 31.5 Å². The second-order valence-electron chi connectivity index (χ2n) is 6.66. The van der Waals surface area contributed by atoms with E-state index in [1.165, 1.54) is 0 Å². The molecule has 2 aliphatic heterocycles. The number of nitrogens with one attached hydrogen (secondary N) is 1. The number of nitrogens with two attached hydrogens (primary N) is 1. The van der Waals surface area contributed by atoms with Crippen LogP contribution in [0, 0.1) is 0 Å². The third kappa shape index (κ3) is 2.98. The van der Waals surface area contributed by atoms with Crippen molar-refractivity contribution in [3.8, 4) is 0 Å². The summed E-state index contributed by atoms with van der Waals surface area (Å²) in [5.74, 6) is -0.234. The van der Waals surface area contributed by atoms with Crippen molar-refractivity contribution in [3.05, 3.63) is 16.7 Å². The average Bonchev–Trinajstić information content (AvgIpc) is 3.15. The number of rotatable bonds is 4. The van der Waals surface area contributed by atoms with Crippen molar-refractivity contribution in [1.82, 2.24) is 19.5 Å². The van der Waals surface area contributed by atoms with Gasteiger partial charge in [-0.3, -0.25) is 14.3 Å². The molecule has 0 aliphatic carbocycles. The highest BCUT2D eigenvalue weighted by Gasteiger charge is 2.66. The number of anilines is 1. The summed E-state index contributed by atoms with van der Waals surface area (Å²) in [5.41, 5.74) is 2.30. The molecule has 0 aromatic carbocycles. The van der Waals surface area contributed by atoms with Gasteiger partial charge in [-0.2, -0.15) is 4.98 Å². The first-order valence-corrected chi connectivity index (χ1v) is 9.41. The zero-order valence-corrected chi connectivity index (χ0v) is 15.6. The summed E-state index contributed by atoms with van der Waals surface area (Å²) in [4.78, 5) is 21.9. The predicted molar refractivity (Wildman–Crippen MR) is 90.3 cm³/mol. The van der Waals surface area contributed by atoms with Crippen molar-refractivity contribution in [2.24, 2.45) is 0 Å². The van der Waals surface area contributed by atoms with Crippen LogP contribution in [0.2, 0.25) is 0 Å². The summed E-state index contributed by atoms with van der Waals surface area (Å²) in [5, 5.41) is 0. The topological polar surface area (TPSA) is 127 Å². The molecular weight excluding hydrogens is 406 g/mol. The summed E-state index contributed by atoms with van der Waals surface area (Å²) in [6.07, 6.45) is -7.58. The fourth-order valence-electron chi connectivity index (χ4n) is 3.12. The lowest BCUT2D eigenvalue weighted by molar-refractivity contribution is -0.203. The number of halogens is 3. The normalized spacial score (nSPS) is 33.1. The van der Waals surface area contributed by atoms with Crippen LogP contribution in [0.25, 0.3) is 11.2 Å². The van der Waals surface area contributed by atoms with Crippen molar-refractivity contribution in [2.45, 2.75) is 50.5 Å². The molecule has 4 heterocycles. The Morgan fingerprint density at radius 2 is 2.25 bits per heavy atom. The predicted octanol–water partition coefficient (Wildman–Crippen LogP) is 1.64. The summed E-state index contributed by atoms with van der Waals surface area (Å²) < 4.78 is 65.5. The first-order valence-electron chi connectivity index (χ1n) is 8.32. The zero-order valence-electron chi connectivity index (χ0n) is 14.7. The number of nitrogen functional groups attached to an aromatic ring is 1. The van der Waals surface area contributed by atoms with Gasteiger partial charge in [0.15, 0.2) is 29.2 Å². The molecule has 154 valence electrons. The fourth-order valence-corrected chi connectivity index (χ4v) is 4.42. The molecule has 14 heteroatoms. The molecule has 10 nitrogen and oxygen atoms in total. The first-order chi connectivity index (χ1) is 13.2. The molecule has 28 heavy (non-hydrogen) atoms. The van der Waals surface area contributed by atoms with E-state index in [4.69, 9.17) is 24.0 Å². The third-order valence-electron chi connectivity index (χ3n) is 4.37. The number of hydrogen-bond donors (Lipinski definition) is 2. The van der Waals surface area contributed by atoms with Gasteiger partial charge < -0.3 is 24.0 Å². The van der Waals surface area contributed by atoms with Crippen LogP contribution in [0.4, 0.5) is 19.1 Å². The van der Waals surface area contributed by atoms with E-state index in [1.807, 2.05) is 0 Å². The van der Waals surface area contributed by atoms with E-state index in [0.29, 0.717) is 0 Å². The molecule has 2 aromatic heterocycles. The SMILES string of the molecule is CC(C)OP1OC[C@@]2(C(F)F)O[C@@H](n3cnc4c(=O)[nH]c(N)nc43)[C@@H](F)[C@@H]2O1. The molecule has 0 spiro atoms. The molecule has 2 fully saturated rings. The summed E-state index contributed by atoms with van der Waals surface area (Å²) in [6, 6.07) is 0. The molecule has 0 bridgehead atoms. The fraction of sp³-hybridized carbons (Fsp3) is 0.643. The van der Waals surface area contributed by atoms with Gasteiger partial charge in [0.25, 0.3) is 12.0 Å². The molecule has 0 saturated carbocycles. The second kappa shape index (κ2) is 6.92. The van der Waals surface area contributed by atoms with E-state index < -0.39 is 51.3 Å². The average molecular weight is 423 g/mol. The van der Waals surface area contributed by atoms with Gasteiger partial charge in [0.2, 0.25) is 5.95 Å². The number of imidazole rings is 1. The maximum absolute atomic E-state index is 15.3. The highest BCUT2D eigenvalue weighted by atomic mass is 31.2. The summed E-state index contributed by atoms with van der Waals surface area (Å²) in [6.45, 7) is 2.79. The number of hydrogen-bond acceptors (Lipinski definition) is 8. The van der Waals surface area contributed by atoms with Gasteiger partial charge in [-0.15, -0.1) is 0 Å². The van der Waals surface area contributed by atoms with Crippen LogP contribution >= 0.6 is 8.60 Å². The molecule has 3 N–H and O–H groups in total. The van der Waals surface area contributed by atoms with Crippen LogP contribution in [0.15, 0.2) is 11.1 Å². The zero-order chi connectivity index (χ0) is 20.2.